The van der Waals surface area contributed by atoms with Crippen molar-refractivity contribution in [2.24, 2.45) is 0 Å². The number of aryl methyl sites for hydroxylation is 1. The van der Waals surface area contributed by atoms with Gasteiger partial charge in [-0.05, 0) is 38.0 Å². The average Bonchev–Trinajstić information content (AvgIpc) is 3.11. The van der Waals surface area contributed by atoms with Crippen molar-refractivity contribution in [2.75, 3.05) is 26.2 Å². The van der Waals surface area contributed by atoms with E-state index in [-0.39, 0.29) is 31.5 Å². The first-order chi connectivity index (χ1) is 14.0. The smallest absolute Gasteiger partial charge is 0.237 e. The lowest BCUT2D eigenvalue weighted by Crippen LogP contribution is -2.46. The second-order valence-electron chi connectivity index (χ2n) is 7.95. The topological polar surface area (TPSA) is 69.5 Å². The van der Waals surface area contributed by atoms with E-state index in [0.29, 0.717) is 0 Å². The summed E-state index contributed by atoms with van der Waals surface area (Å²) in [5.41, 5.74) is 2.08. The minimum absolute atomic E-state index is 0.0329. The molecule has 2 aliphatic heterocycles. The predicted molar refractivity (Wildman–Crippen MR) is 107 cm³/mol. The quantitative estimate of drug-likeness (QED) is 0.795. The highest BCUT2D eigenvalue weighted by atomic mass is 19.1. The average molecular weight is 396 g/mol. The standard InChI is InChI=1S/C22H25FN4O2/c1-15-2-3-20-19(10-15)21(4-7-25-20)29-18-5-8-26(9-6-18)14-22(28)27-13-16(23)11-17(27)12-24/h2-4,7,10,16-18H,5-6,8-9,11,13-14H2,1H3/t16-,17?/m0/s1. The molecule has 2 aliphatic rings. The number of hydrogen-bond donors (Lipinski definition) is 0. The Labute approximate surface area is 169 Å². The third-order valence-corrected chi connectivity index (χ3v) is 5.76. The van der Waals surface area contributed by atoms with E-state index >= 15 is 0 Å². The van der Waals surface area contributed by atoms with Gasteiger partial charge in [0.25, 0.3) is 0 Å². The first-order valence-corrected chi connectivity index (χ1v) is 10.1. The van der Waals surface area contributed by atoms with Gasteiger partial charge in [-0.3, -0.25) is 14.7 Å². The molecular formula is C22H25FN4O2. The number of likely N-dealkylation sites (tertiary alicyclic amines) is 2. The van der Waals surface area contributed by atoms with Crippen LogP contribution in [-0.4, -0.2) is 65.2 Å². The lowest BCUT2D eigenvalue weighted by molar-refractivity contribution is -0.133. The van der Waals surface area contributed by atoms with E-state index in [2.05, 4.69) is 16.0 Å². The molecule has 1 amide bonds. The number of ether oxygens (including phenoxy) is 1. The molecule has 1 aromatic carbocycles. The molecule has 0 bridgehead atoms. The van der Waals surface area contributed by atoms with Crippen LogP contribution >= 0.6 is 0 Å². The first-order valence-electron chi connectivity index (χ1n) is 10.1. The van der Waals surface area contributed by atoms with E-state index in [4.69, 9.17) is 10.00 Å². The zero-order chi connectivity index (χ0) is 20.4. The minimum Gasteiger partial charge on any atom is -0.490 e. The van der Waals surface area contributed by atoms with Gasteiger partial charge in [0.2, 0.25) is 5.91 Å². The van der Waals surface area contributed by atoms with Crippen LogP contribution in [0.2, 0.25) is 0 Å². The molecule has 1 unspecified atom stereocenters. The fourth-order valence-corrected chi connectivity index (χ4v) is 4.17. The summed E-state index contributed by atoms with van der Waals surface area (Å²) in [4.78, 5) is 20.4. The van der Waals surface area contributed by atoms with E-state index in [1.54, 1.807) is 6.20 Å². The predicted octanol–water partition coefficient (Wildman–Crippen LogP) is 2.85. The fourth-order valence-electron chi connectivity index (χ4n) is 4.17. The molecule has 4 rings (SSSR count). The molecule has 2 fully saturated rings. The fraction of sp³-hybridized carbons (Fsp3) is 0.500. The zero-order valence-corrected chi connectivity index (χ0v) is 16.6. The summed E-state index contributed by atoms with van der Waals surface area (Å²) in [6, 6.07) is 9.43. The van der Waals surface area contributed by atoms with Gasteiger partial charge in [-0.15, -0.1) is 0 Å². The number of pyridine rings is 1. The van der Waals surface area contributed by atoms with Crippen molar-refractivity contribution in [3.8, 4) is 11.8 Å². The summed E-state index contributed by atoms with van der Waals surface area (Å²) >= 11 is 0. The third kappa shape index (κ3) is 4.33. The van der Waals surface area contributed by atoms with Gasteiger partial charge in [-0.1, -0.05) is 11.6 Å². The van der Waals surface area contributed by atoms with Gasteiger partial charge in [-0.25, -0.2) is 4.39 Å². The van der Waals surface area contributed by atoms with Crippen LogP contribution < -0.4 is 4.74 Å². The van der Waals surface area contributed by atoms with Crippen molar-refractivity contribution in [3.63, 3.8) is 0 Å². The van der Waals surface area contributed by atoms with E-state index < -0.39 is 12.2 Å². The van der Waals surface area contributed by atoms with E-state index in [1.165, 1.54) is 4.90 Å². The number of nitrogens with zero attached hydrogens (tertiary/aromatic N) is 4. The van der Waals surface area contributed by atoms with Crippen LogP contribution in [0.3, 0.4) is 0 Å². The van der Waals surface area contributed by atoms with Gasteiger partial charge < -0.3 is 9.64 Å². The molecule has 0 N–H and O–H groups in total. The number of fused-ring (bicyclic) bond motifs is 1. The van der Waals surface area contributed by atoms with Crippen molar-refractivity contribution >= 4 is 16.8 Å². The summed E-state index contributed by atoms with van der Waals surface area (Å²) in [5.74, 6) is 0.683. The summed E-state index contributed by atoms with van der Waals surface area (Å²) in [6.45, 7) is 3.79. The molecule has 2 saturated heterocycles. The van der Waals surface area contributed by atoms with Crippen LogP contribution in [0.1, 0.15) is 24.8 Å². The zero-order valence-electron chi connectivity index (χ0n) is 16.6. The normalized spacial score (nSPS) is 23.3. The molecule has 29 heavy (non-hydrogen) atoms. The number of rotatable bonds is 4. The van der Waals surface area contributed by atoms with Crippen molar-refractivity contribution in [1.82, 2.24) is 14.8 Å². The van der Waals surface area contributed by atoms with Crippen LogP contribution in [0.15, 0.2) is 30.5 Å². The Kier molecular flexibility index (Phi) is 5.63. The lowest BCUT2D eigenvalue weighted by Gasteiger charge is -2.33. The van der Waals surface area contributed by atoms with Crippen molar-refractivity contribution in [3.05, 3.63) is 36.0 Å². The van der Waals surface area contributed by atoms with Crippen molar-refractivity contribution < 1.29 is 13.9 Å². The maximum absolute atomic E-state index is 13.6. The first kappa shape index (κ1) is 19.6. The number of aromatic nitrogens is 1. The lowest BCUT2D eigenvalue weighted by atomic mass is 10.1. The Hall–Kier alpha value is -2.72. The van der Waals surface area contributed by atoms with Gasteiger partial charge in [0.1, 0.15) is 24.1 Å². The maximum Gasteiger partial charge on any atom is 0.237 e. The second kappa shape index (κ2) is 8.34. The van der Waals surface area contributed by atoms with E-state index in [1.807, 2.05) is 31.2 Å². The van der Waals surface area contributed by atoms with Crippen LogP contribution in [-0.2, 0) is 4.79 Å². The van der Waals surface area contributed by atoms with Crippen LogP contribution in [0.25, 0.3) is 10.9 Å². The van der Waals surface area contributed by atoms with Gasteiger partial charge in [0, 0.05) is 31.1 Å². The molecule has 7 heteroatoms. The number of benzene rings is 1. The highest BCUT2D eigenvalue weighted by Gasteiger charge is 2.36. The third-order valence-electron chi connectivity index (χ3n) is 5.76. The minimum atomic E-state index is -1.10. The van der Waals surface area contributed by atoms with Gasteiger partial charge in [-0.2, -0.15) is 5.26 Å². The largest absolute Gasteiger partial charge is 0.490 e. The number of alkyl halides is 1. The number of carbonyl (C=O) groups is 1. The number of hydrogen-bond acceptors (Lipinski definition) is 5. The molecule has 0 saturated carbocycles. The Bertz CT molecular complexity index is 936. The van der Waals surface area contributed by atoms with Crippen molar-refractivity contribution in [1.29, 1.82) is 5.26 Å². The molecule has 152 valence electrons. The number of carbonyl (C=O) groups excluding carboxylic acids is 1. The number of nitriles is 1. The summed E-state index contributed by atoms with van der Waals surface area (Å²) < 4.78 is 19.8. The molecule has 0 spiro atoms. The molecule has 3 heterocycles. The van der Waals surface area contributed by atoms with Crippen molar-refractivity contribution in [2.45, 2.75) is 44.5 Å². The molecule has 0 aliphatic carbocycles. The second-order valence-corrected chi connectivity index (χ2v) is 7.95. The maximum atomic E-state index is 13.6. The van der Waals surface area contributed by atoms with Gasteiger partial charge >= 0.3 is 0 Å². The number of halogens is 1. The Balaban J connectivity index is 1.33. The number of amides is 1. The van der Waals surface area contributed by atoms with Crippen LogP contribution in [0.4, 0.5) is 4.39 Å². The van der Waals surface area contributed by atoms with Crippen LogP contribution in [0.5, 0.6) is 5.75 Å². The molecule has 0 radical (unpaired) electrons. The van der Waals surface area contributed by atoms with E-state index in [9.17, 15) is 9.18 Å². The highest BCUT2D eigenvalue weighted by molar-refractivity contribution is 5.85. The summed E-state index contributed by atoms with van der Waals surface area (Å²) in [6.07, 6.45) is 2.51. The molecule has 1 aromatic heterocycles. The SMILES string of the molecule is Cc1ccc2nccc(OC3CCN(CC(=O)N4C[C@@H](F)CC4C#N)CC3)c2c1. The molecular weight excluding hydrogens is 371 g/mol. The molecule has 2 atom stereocenters. The Morgan fingerprint density at radius 3 is 2.90 bits per heavy atom. The summed E-state index contributed by atoms with van der Waals surface area (Å²) in [7, 11) is 0. The van der Waals surface area contributed by atoms with Gasteiger partial charge in [0.15, 0.2) is 0 Å². The van der Waals surface area contributed by atoms with Crippen LogP contribution in [0, 0.1) is 18.3 Å². The number of piperidine rings is 1. The Morgan fingerprint density at radius 2 is 2.14 bits per heavy atom. The molecule has 6 nitrogen and oxygen atoms in total. The Morgan fingerprint density at radius 1 is 1.34 bits per heavy atom. The van der Waals surface area contributed by atoms with Gasteiger partial charge in [0.05, 0.1) is 24.7 Å². The van der Waals surface area contributed by atoms with E-state index in [0.717, 1.165) is 48.1 Å². The monoisotopic (exact) mass is 396 g/mol. The highest BCUT2D eigenvalue weighted by Crippen LogP contribution is 2.28. The molecule has 2 aromatic rings. The summed E-state index contributed by atoms with van der Waals surface area (Å²) in [5, 5.41) is 10.1.